The zero-order chi connectivity index (χ0) is 16.7. The summed E-state index contributed by atoms with van der Waals surface area (Å²) < 4.78 is 5.73. The number of oxazole rings is 1. The van der Waals surface area contributed by atoms with Gasteiger partial charge in [-0.15, -0.1) is 0 Å². The van der Waals surface area contributed by atoms with E-state index in [0.717, 1.165) is 42.7 Å². The van der Waals surface area contributed by atoms with Gasteiger partial charge in [0.15, 0.2) is 11.5 Å². The number of hydrogen-bond donors (Lipinski definition) is 1. The number of rotatable bonds is 4. The molecule has 24 heavy (non-hydrogen) atoms. The molecule has 6 nitrogen and oxygen atoms in total. The third-order valence-electron chi connectivity index (χ3n) is 4.94. The Morgan fingerprint density at radius 3 is 2.62 bits per heavy atom. The van der Waals surface area contributed by atoms with Crippen molar-refractivity contribution in [3.63, 3.8) is 0 Å². The van der Waals surface area contributed by atoms with Crippen molar-refractivity contribution in [2.24, 2.45) is 5.92 Å². The highest BCUT2D eigenvalue weighted by molar-refractivity contribution is 5.97. The molecule has 6 heteroatoms. The fraction of sp³-hybridized carbons (Fsp3) is 0.500. The van der Waals surface area contributed by atoms with Gasteiger partial charge < -0.3 is 14.4 Å². The summed E-state index contributed by atoms with van der Waals surface area (Å²) in [5, 5.41) is 8.87. The zero-order valence-corrected chi connectivity index (χ0v) is 13.4. The molecule has 1 aliphatic carbocycles. The Balaban J connectivity index is 1.46. The minimum atomic E-state index is -0.761. The molecule has 1 aromatic carbocycles. The van der Waals surface area contributed by atoms with E-state index in [2.05, 4.69) is 4.98 Å². The highest BCUT2D eigenvalue weighted by atomic mass is 16.4. The molecule has 0 radical (unpaired) electrons. The monoisotopic (exact) mass is 328 g/mol. The molecule has 126 valence electrons. The first-order valence-corrected chi connectivity index (χ1v) is 8.51. The van der Waals surface area contributed by atoms with Crippen molar-refractivity contribution in [2.75, 3.05) is 13.1 Å². The van der Waals surface area contributed by atoms with Gasteiger partial charge in [0.1, 0.15) is 5.52 Å². The number of carbonyl (C=O) groups is 2. The van der Waals surface area contributed by atoms with Gasteiger partial charge in [-0.1, -0.05) is 0 Å². The number of fused-ring (bicyclic) bond motifs is 1. The van der Waals surface area contributed by atoms with Crippen molar-refractivity contribution < 1.29 is 19.1 Å². The van der Waals surface area contributed by atoms with Gasteiger partial charge >= 0.3 is 5.97 Å². The van der Waals surface area contributed by atoms with E-state index in [1.807, 2.05) is 6.07 Å². The molecule has 2 fully saturated rings. The first-order valence-electron chi connectivity index (χ1n) is 8.51. The molecule has 0 bridgehead atoms. The molecule has 1 aliphatic heterocycles. The molecule has 0 spiro atoms. The van der Waals surface area contributed by atoms with E-state index < -0.39 is 5.97 Å². The van der Waals surface area contributed by atoms with Crippen molar-refractivity contribution in [2.45, 2.75) is 38.0 Å². The number of likely N-dealkylation sites (tertiary alicyclic amines) is 1. The molecule has 2 heterocycles. The number of carboxylic acid groups (broad SMARTS) is 1. The minimum Gasteiger partial charge on any atom is -0.481 e. The molecule has 1 saturated heterocycles. The maximum Gasteiger partial charge on any atom is 0.303 e. The van der Waals surface area contributed by atoms with E-state index in [-0.39, 0.29) is 18.2 Å². The second kappa shape index (κ2) is 5.92. The zero-order valence-electron chi connectivity index (χ0n) is 13.4. The van der Waals surface area contributed by atoms with Crippen LogP contribution in [0, 0.1) is 5.92 Å². The molecule has 4 rings (SSSR count). The summed E-state index contributed by atoms with van der Waals surface area (Å²) in [7, 11) is 0. The number of aromatic nitrogens is 1. The van der Waals surface area contributed by atoms with Gasteiger partial charge in [-0.25, -0.2) is 4.98 Å². The molecule has 2 aromatic rings. The Bertz CT molecular complexity index is 785. The number of nitrogens with zero attached hydrogens (tertiary/aromatic N) is 2. The average Bonchev–Trinajstić information content (AvgIpc) is 3.33. The Morgan fingerprint density at radius 1 is 1.21 bits per heavy atom. The van der Waals surface area contributed by atoms with E-state index in [1.165, 1.54) is 0 Å². The van der Waals surface area contributed by atoms with Crippen LogP contribution in [0.5, 0.6) is 0 Å². The fourth-order valence-electron chi connectivity index (χ4n) is 3.35. The van der Waals surface area contributed by atoms with E-state index in [0.29, 0.717) is 24.6 Å². The smallest absolute Gasteiger partial charge is 0.303 e. The summed E-state index contributed by atoms with van der Waals surface area (Å²) in [4.78, 5) is 29.8. The summed E-state index contributed by atoms with van der Waals surface area (Å²) in [5.41, 5.74) is 2.09. The lowest BCUT2D eigenvalue weighted by Crippen LogP contribution is -2.38. The first kappa shape index (κ1) is 15.2. The van der Waals surface area contributed by atoms with Gasteiger partial charge in [0.2, 0.25) is 0 Å². The van der Waals surface area contributed by atoms with Crippen molar-refractivity contribution in [1.29, 1.82) is 0 Å². The van der Waals surface area contributed by atoms with Gasteiger partial charge in [0.05, 0.1) is 0 Å². The molecule has 1 saturated carbocycles. The van der Waals surface area contributed by atoms with E-state index in [4.69, 9.17) is 9.52 Å². The van der Waals surface area contributed by atoms with Gasteiger partial charge in [-0.05, 0) is 49.8 Å². The summed E-state index contributed by atoms with van der Waals surface area (Å²) in [6.07, 6.45) is 3.94. The van der Waals surface area contributed by atoms with E-state index in [9.17, 15) is 9.59 Å². The molecule has 2 aliphatic rings. The molecule has 0 unspecified atom stereocenters. The molecule has 1 N–H and O–H groups in total. The van der Waals surface area contributed by atoms with Crippen LogP contribution in [-0.2, 0) is 4.79 Å². The second-order valence-corrected chi connectivity index (χ2v) is 6.84. The minimum absolute atomic E-state index is 0.0124. The second-order valence-electron chi connectivity index (χ2n) is 6.84. The molecule has 1 amide bonds. The summed E-state index contributed by atoms with van der Waals surface area (Å²) in [5.74, 6) is 0.629. The van der Waals surface area contributed by atoms with E-state index in [1.54, 1.807) is 17.0 Å². The predicted molar refractivity (Wildman–Crippen MR) is 86.9 cm³/mol. The molecule has 1 aromatic heterocycles. The van der Waals surface area contributed by atoms with E-state index >= 15 is 0 Å². The van der Waals surface area contributed by atoms with Crippen LogP contribution in [0.25, 0.3) is 11.1 Å². The topological polar surface area (TPSA) is 83.6 Å². The predicted octanol–water partition coefficient (Wildman–Crippen LogP) is 3.03. The van der Waals surface area contributed by atoms with Crippen LogP contribution in [0.15, 0.2) is 22.6 Å². The Labute approximate surface area is 139 Å². The lowest BCUT2D eigenvalue weighted by atomic mass is 9.93. The van der Waals surface area contributed by atoms with Crippen LogP contribution in [0.4, 0.5) is 0 Å². The Hall–Kier alpha value is -2.37. The van der Waals surface area contributed by atoms with Crippen molar-refractivity contribution >= 4 is 23.0 Å². The van der Waals surface area contributed by atoms with Gasteiger partial charge in [-0.2, -0.15) is 0 Å². The maximum atomic E-state index is 12.7. The van der Waals surface area contributed by atoms with Crippen LogP contribution in [-0.4, -0.2) is 40.0 Å². The van der Waals surface area contributed by atoms with Crippen molar-refractivity contribution in [3.8, 4) is 0 Å². The largest absolute Gasteiger partial charge is 0.481 e. The van der Waals surface area contributed by atoms with Crippen LogP contribution < -0.4 is 0 Å². The average molecular weight is 328 g/mol. The normalized spacial score (nSPS) is 18.9. The lowest BCUT2D eigenvalue weighted by Gasteiger charge is -2.31. The van der Waals surface area contributed by atoms with Crippen LogP contribution in [0.1, 0.15) is 54.3 Å². The number of benzene rings is 1. The fourth-order valence-corrected chi connectivity index (χ4v) is 3.35. The SMILES string of the molecule is O=C(O)CC1CCN(C(=O)c2ccc3oc(C4CC4)nc3c2)CC1. The summed E-state index contributed by atoms with van der Waals surface area (Å²) >= 11 is 0. The van der Waals surface area contributed by atoms with Crippen LogP contribution in [0.2, 0.25) is 0 Å². The number of carboxylic acids is 1. The molecular weight excluding hydrogens is 308 g/mol. The molecule has 0 atom stereocenters. The number of hydrogen-bond acceptors (Lipinski definition) is 4. The van der Waals surface area contributed by atoms with Gasteiger partial charge in [-0.3, -0.25) is 9.59 Å². The lowest BCUT2D eigenvalue weighted by molar-refractivity contribution is -0.138. The van der Waals surface area contributed by atoms with Gasteiger partial charge in [0.25, 0.3) is 5.91 Å². The summed E-state index contributed by atoms with van der Waals surface area (Å²) in [6.45, 7) is 1.22. The highest BCUT2D eigenvalue weighted by Crippen LogP contribution is 2.40. The number of carbonyl (C=O) groups excluding carboxylic acids is 1. The van der Waals surface area contributed by atoms with Crippen molar-refractivity contribution in [1.82, 2.24) is 9.88 Å². The quantitative estimate of drug-likeness (QED) is 0.932. The van der Waals surface area contributed by atoms with Crippen LogP contribution >= 0.6 is 0 Å². The first-order chi connectivity index (χ1) is 11.6. The van der Waals surface area contributed by atoms with Gasteiger partial charge in [0, 0.05) is 31.0 Å². The number of piperidine rings is 1. The van der Waals surface area contributed by atoms with Crippen molar-refractivity contribution in [3.05, 3.63) is 29.7 Å². The highest BCUT2D eigenvalue weighted by Gasteiger charge is 2.29. The molecular formula is C18H20N2O4. The van der Waals surface area contributed by atoms with Crippen LogP contribution in [0.3, 0.4) is 0 Å². The summed E-state index contributed by atoms with van der Waals surface area (Å²) in [6, 6.07) is 5.41. The third-order valence-corrected chi connectivity index (χ3v) is 4.94. The Kier molecular flexibility index (Phi) is 3.75. The Morgan fingerprint density at radius 2 is 1.96 bits per heavy atom. The standard InChI is InChI=1S/C18H20N2O4/c21-16(22)9-11-5-7-20(8-6-11)18(23)13-3-4-15-14(10-13)19-17(24-15)12-1-2-12/h3-4,10-12H,1-2,5-9H2,(H,21,22). The maximum absolute atomic E-state index is 12.7. The third kappa shape index (κ3) is 3.00. The number of aliphatic carboxylic acids is 1. The number of amides is 1.